The molecule has 9 heavy (non-hydrogen) atoms. The predicted molar refractivity (Wildman–Crippen MR) is 37.6 cm³/mol. The fourth-order valence-electron chi connectivity index (χ4n) is 0.375. The van der Waals surface area contributed by atoms with E-state index in [4.69, 9.17) is 5.73 Å². The van der Waals surface area contributed by atoms with E-state index in [1.54, 1.807) is 0 Å². The molecule has 0 aromatic carbocycles. The Morgan fingerprint density at radius 1 is 1.67 bits per heavy atom. The zero-order chi connectivity index (χ0) is 6.85. The maximum absolute atomic E-state index is 10.4. The van der Waals surface area contributed by atoms with Gasteiger partial charge in [0.05, 0.1) is 0 Å². The minimum Gasteiger partial charge on any atom is -0.364 e. The van der Waals surface area contributed by atoms with E-state index >= 15 is 0 Å². The highest BCUT2D eigenvalue weighted by atomic mass is 127. The van der Waals surface area contributed by atoms with Gasteiger partial charge in [-0.2, -0.15) is 5.21 Å². The summed E-state index contributed by atoms with van der Waals surface area (Å²) in [6.45, 7) is 0. The molecule has 0 saturated carbocycles. The van der Waals surface area contributed by atoms with Crippen molar-refractivity contribution >= 4 is 28.5 Å². The third-order valence-corrected chi connectivity index (χ3v) is 1.49. The molecule has 6 heteroatoms. The van der Waals surface area contributed by atoms with Crippen LogP contribution in [-0.2, 0) is 0 Å². The molecule has 0 aliphatic heterocycles. The van der Waals surface area contributed by atoms with Gasteiger partial charge in [0.15, 0.2) is 9.39 Å². The predicted octanol–water partition coefficient (Wildman–Crippen LogP) is -0.492. The van der Waals surface area contributed by atoms with Crippen LogP contribution in [-0.4, -0.2) is 21.3 Å². The molecule has 5 nitrogen and oxygen atoms in total. The average Bonchev–Trinajstić information content (AvgIpc) is 2.13. The van der Waals surface area contributed by atoms with Crippen LogP contribution in [0, 0.1) is 3.70 Å². The first-order valence-corrected chi connectivity index (χ1v) is 3.15. The van der Waals surface area contributed by atoms with Crippen molar-refractivity contribution in [3.8, 4) is 0 Å². The fourth-order valence-corrected chi connectivity index (χ4v) is 0.869. The Morgan fingerprint density at radius 2 is 2.33 bits per heavy atom. The number of nitrogens with one attached hydrogen (secondary N) is 1. The van der Waals surface area contributed by atoms with E-state index in [0.717, 1.165) is 0 Å². The molecule has 0 fully saturated rings. The summed E-state index contributed by atoms with van der Waals surface area (Å²) in [5.74, 6) is -0.562. The highest BCUT2D eigenvalue weighted by molar-refractivity contribution is 14.1. The summed E-state index contributed by atoms with van der Waals surface area (Å²) in [5, 5.41) is 9.36. The van der Waals surface area contributed by atoms with Gasteiger partial charge < -0.3 is 5.73 Å². The molecule has 0 radical (unpaired) electrons. The molecular formula is C3H3IN4O. The molecule has 3 N–H and O–H groups in total. The highest BCUT2D eigenvalue weighted by Gasteiger charge is 2.08. The van der Waals surface area contributed by atoms with Crippen LogP contribution in [0.15, 0.2) is 0 Å². The molecular weight excluding hydrogens is 235 g/mol. The van der Waals surface area contributed by atoms with E-state index < -0.39 is 5.91 Å². The topological polar surface area (TPSA) is 84.7 Å². The van der Waals surface area contributed by atoms with Crippen LogP contribution in [0.4, 0.5) is 0 Å². The minimum absolute atomic E-state index is 0.190. The van der Waals surface area contributed by atoms with Gasteiger partial charge >= 0.3 is 0 Å². The van der Waals surface area contributed by atoms with Gasteiger partial charge in [0.2, 0.25) is 0 Å². The molecule has 0 aliphatic carbocycles. The molecule has 0 bridgehead atoms. The van der Waals surface area contributed by atoms with Crippen molar-refractivity contribution in [1.82, 2.24) is 15.4 Å². The Morgan fingerprint density at radius 3 is 2.56 bits per heavy atom. The monoisotopic (exact) mass is 238 g/mol. The lowest BCUT2D eigenvalue weighted by Gasteiger charge is -1.81. The first-order valence-electron chi connectivity index (χ1n) is 2.08. The van der Waals surface area contributed by atoms with Gasteiger partial charge in [-0.1, -0.05) is 0 Å². The number of hydrogen-bond acceptors (Lipinski definition) is 3. The Labute approximate surface area is 64.1 Å². The molecule has 0 aliphatic rings. The maximum Gasteiger partial charge on any atom is 0.272 e. The second-order valence-electron chi connectivity index (χ2n) is 1.33. The van der Waals surface area contributed by atoms with Crippen LogP contribution >= 0.6 is 22.6 Å². The summed E-state index contributed by atoms with van der Waals surface area (Å²) >= 11 is 1.87. The number of nitrogens with two attached hydrogens (primary N) is 1. The van der Waals surface area contributed by atoms with Crippen molar-refractivity contribution < 1.29 is 4.79 Å². The minimum atomic E-state index is -0.562. The first-order chi connectivity index (χ1) is 4.22. The standard InChI is InChI=1S/C3H3IN4O/c4-2-1(3(5)9)6-8-7-2/h(H2,5,9)(H,6,7,8). The van der Waals surface area contributed by atoms with E-state index in [-0.39, 0.29) is 5.69 Å². The maximum atomic E-state index is 10.4. The zero-order valence-electron chi connectivity index (χ0n) is 4.26. The Bertz CT molecular complexity index is 231. The second kappa shape index (κ2) is 2.29. The number of carbonyl (C=O) groups excluding carboxylic acids is 1. The number of amides is 1. The zero-order valence-corrected chi connectivity index (χ0v) is 6.42. The van der Waals surface area contributed by atoms with E-state index in [0.29, 0.717) is 3.70 Å². The summed E-state index contributed by atoms with van der Waals surface area (Å²) in [7, 11) is 0. The number of hydrogen-bond donors (Lipinski definition) is 2. The highest BCUT2D eigenvalue weighted by Crippen LogP contribution is 2.01. The molecule has 0 saturated heterocycles. The Balaban J connectivity index is 3.08. The molecule has 48 valence electrons. The van der Waals surface area contributed by atoms with Crippen LogP contribution in [0.5, 0.6) is 0 Å². The van der Waals surface area contributed by atoms with Crippen molar-refractivity contribution in [2.75, 3.05) is 0 Å². The lowest BCUT2D eigenvalue weighted by molar-refractivity contribution is 0.0994. The number of primary amides is 1. The van der Waals surface area contributed by atoms with Crippen molar-refractivity contribution in [1.29, 1.82) is 0 Å². The van der Waals surface area contributed by atoms with E-state index in [2.05, 4.69) is 15.4 Å². The molecule has 1 aromatic heterocycles. The average molecular weight is 238 g/mol. The number of rotatable bonds is 1. The largest absolute Gasteiger partial charge is 0.364 e. The van der Waals surface area contributed by atoms with Crippen LogP contribution in [0.1, 0.15) is 10.5 Å². The number of halogens is 1. The van der Waals surface area contributed by atoms with Crippen molar-refractivity contribution in [3.63, 3.8) is 0 Å². The quantitative estimate of drug-likeness (QED) is 0.647. The summed E-state index contributed by atoms with van der Waals surface area (Å²) in [4.78, 5) is 10.4. The van der Waals surface area contributed by atoms with Gasteiger partial charge in [-0.3, -0.25) is 4.79 Å². The van der Waals surface area contributed by atoms with Crippen molar-refractivity contribution in [3.05, 3.63) is 9.39 Å². The van der Waals surface area contributed by atoms with Crippen LogP contribution in [0.3, 0.4) is 0 Å². The summed E-state index contributed by atoms with van der Waals surface area (Å²) in [6, 6.07) is 0. The van der Waals surface area contributed by atoms with Crippen molar-refractivity contribution in [2.24, 2.45) is 5.73 Å². The number of aromatic amines is 1. The van der Waals surface area contributed by atoms with Gasteiger partial charge in [0.25, 0.3) is 5.91 Å². The Hall–Kier alpha value is -0.660. The molecule has 0 spiro atoms. The number of H-pyrrole nitrogens is 1. The molecule has 1 aromatic rings. The first kappa shape index (κ1) is 6.46. The number of aromatic nitrogens is 3. The van der Waals surface area contributed by atoms with Crippen LogP contribution in [0.25, 0.3) is 0 Å². The molecule has 1 amide bonds. The lowest BCUT2D eigenvalue weighted by Crippen LogP contribution is -2.12. The summed E-state index contributed by atoms with van der Waals surface area (Å²) in [5.41, 5.74) is 5.08. The SMILES string of the molecule is NC(=O)c1n[nH]nc1I. The molecule has 1 rings (SSSR count). The van der Waals surface area contributed by atoms with Gasteiger partial charge in [0, 0.05) is 0 Å². The third kappa shape index (κ3) is 1.18. The molecule has 0 unspecified atom stereocenters. The van der Waals surface area contributed by atoms with E-state index in [1.165, 1.54) is 0 Å². The number of carbonyl (C=O) groups is 1. The van der Waals surface area contributed by atoms with Crippen molar-refractivity contribution in [2.45, 2.75) is 0 Å². The van der Waals surface area contributed by atoms with Gasteiger partial charge in [-0.25, -0.2) is 0 Å². The van der Waals surface area contributed by atoms with E-state index in [9.17, 15) is 4.79 Å². The third-order valence-electron chi connectivity index (χ3n) is 0.739. The second-order valence-corrected chi connectivity index (χ2v) is 2.35. The smallest absolute Gasteiger partial charge is 0.272 e. The van der Waals surface area contributed by atoms with Gasteiger partial charge in [-0.15, -0.1) is 10.2 Å². The van der Waals surface area contributed by atoms with Gasteiger partial charge in [0.1, 0.15) is 0 Å². The fraction of sp³-hybridized carbons (Fsp3) is 0. The number of nitrogens with zero attached hydrogens (tertiary/aromatic N) is 2. The molecule has 0 atom stereocenters. The Kier molecular flexibility index (Phi) is 1.65. The summed E-state index contributed by atoms with van der Waals surface area (Å²) < 4.78 is 0.500. The lowest BCUT2D eigenvalue weighted by atomic mass is 10.5. The normalized spacial score (nSPS) is 9.44. The van der Waals surface area contributed by atoms with E-state index in [1.807, 2.05) is 22.6 Å². The molecule has 1 heterocycles. The van der Waals surface area contributed by atoms with Gasteiger partial charge in [-0.05, 0) is 22.6 Å². The van der Waals surface area contributed by atoms with Crippen LogP contribution in [0.2, 0.25) is 0 Å². The van der Waals surface area contributed by atoms with Crippen LogP contribution < -0.4 is 5.73 Å². The summed E-state index contributed by atoms with van der Waals surface area (Å²) in [6.07, 6.45) is 0.